The molecule has 6 nitrogen and oxygen atoms in total. The molecule has 2 aromatic heterocycles. The Morgan fingerprint density at radius 2 is 1.87 bits per heavy atom. The number of aryl methyl sites for hydroxylation is 2. The van der Waals surface area contributed by atoms with Crippen LogP contribution in [0.4, 0.5) is 11.6 Å². The molecule has 0 unspecified atom stereocenters. The van der Waals surface area contributed by atoms with Crippen molar-refractivity contribution in [3.63, 3.8) is 0 Å². The van der Waals surface area contributed by atoms with Gasteiger partial charge in [-0.1, -0.05) is 23.8 Å². The summed E-state index contributed by atoms with van der Waals surface area (Å²) in [7, 11) is 0. The summed E-state index contributed by atoms with van der Waals surface area (Å²) >= 11 is 0. The number of fused-ring (bicyclic) bond motifs is 1. The third-order valence-corrected chi connectivity index (χ3v) is 5.90. The summed E-state index contributed by atoms with van der Waals surface area (Å²) in [4.78, 5) is 31.6. The molecule has 6 heteroatoms. The Hall–Kier alpha value is -3.28. The Labute approximate surface area is 176 Å². The molecule has 152 valence electrons. The minimum absolute atomic E-state index is 0.0616. The lowest BCUT2D eigenvalue weighted by Crippen LogP contribution is -2.36. The van der Waals surface area contributed by atoms with Gasteiger partial charge in [0, 0.05) is 37.7 Å². The summed E-state index contributed by atoms with van der Waals surface area (Å²) in [5.41, 5.74) is 5.25. The van der Waals surface area contributed by atoms with Crippen molar-refractivity contribution in [2.45, 2.75) is 32.6 Å². The number of carbonyl (C=O) groups is 1. The van der Waals surface area contributed by atoms with Crippen LogP contribution in [-0.4, -0.2) is 40.5 Å². The molecule has 0 saturated carbocycles. The molecule has 0 atom stereocenters. The highest BCUT2D eigenvalue weighted by Crippen LogP contribution is 2.31. The summed E-state index contributed by atoms with van der Waals surface area (Å²) in [6, 6.07) is 12.0. The van der Waals surface area contributed by atoms with E-state index >= 15 is 0 Å². The molecule has 30 heavy (non-hydrogen) atoms. The SMILES string of the molecule is Cc1ccc2c(c1)CCCN2C(=O)c1cnc(N2CCCC2)nc1-c1ccccn1. The van der Waals surface area contributed by atoms with Crippen molar-refractivity contribution in [2.75, 3.05) is 29.4 Å². The van der Waals surface area contributed by atoms with Crippen LogP contribution in [0.25, 0.3) is 11.4 Å². The zero-order chi connectivity index (χ0) is 20.5. The zero-order valence-corrected chi connectivity index (χ0v) is 17.2. The van der Waals surface area contributed by atoms with Gasteiger partial charge >= 0.3 is 0 Å². The van der Waals surface area contributed by atoms with E-state index < -0.39 is 0 Å². The maximum Gasteiger partial charge on any atom is 0.262 e. The van der Waals surface area contributed by atoms with Gasteiger partial charge in [-0.15, -0.1) is 0 Å². The van der Waals surface area contributed by atoms with Gasteiger partial charge in [0.15, 0.2) is 0 Å². The number of amides is 1. The highest BCUT2D eigenvalue weighted by atomic mass is 16.2. The number of benzene rings is 1. The second-order valence-electron chi connectivity index (χ2n) is 8.03. The highest BCUT2D eigenvalue weighted by Gasteiger charge is 2.28. The van der Waals surface area contributed by atoms with E-state index in [1.54, 1.807) is 12.4 Å². The fourth-order valence-electron chi connectivity index (χ4n) is 4.38. The van der Waals surface area contributed by atoms with Gasteiger partial charge in [-0.05, 0) is 56.4 Å². The van der Waals surface area contributed by atoms with Crippen molar-refractivity contribution < 1.29 is 4.79 Å². The lowest BCUT2D eigenvalue weighted by molar-refractivity contribution is 0.0985. The van der Waals surface area contributed by atoms with Gasteiger partial charge < -0.3 is 9.80 Å². The molecule has 1 amide bonds. The normalized spacial score (nSPS) is 15.9. The van der Waals surface area contributed by atoms with Crippen LogP contribution in [0.5, 0.6) is 0 Å². The van der Waals surface area contributed by atoms with Crippen molar-refractivity contribution in [3.8, 4) is 11.4 Å². The Kier molecular flexibility index (Phi) is 4.91. The van der Waals surface area contributed by atoms with Gasteiger partial charge in [0.1, 0.15) is 5.69 Å². The molecule has 3 aromatic rings. The van der Waals surface area contributed by atoms with Gasteiger partial charge in [0.25, 0.3) is 5.91 Å². The standard InChI is InChI=1S/C24H25N5O/c1-17-9-10-21-18(15-17)7-6-14-29(21)23(30)19-16-26-24(28-12-4-5-13-28)27-22(19)20-8-2-3-11-25-20/h2-3,8-11,15-16H,4-7,12-14H2,1H3. The first-order valence-corrected chi connectivity index (χ1v) is 10.7. The topological polar surface area (TPSA) is 62.2 Å². The number of rotatable bonds is 3. The summed E-state index contributed by atoms with van der Waals surface area (Å²) in [6.45, 7) is 4.69. The van der Waals surface area contributed by atoms with Crippen LogP contribution in [0.3, 0.4) is 0 Å². The maximum atomic E-state index is 13.7. The third kappa shape index (κ3) is 3.43. The first-order chi connectivity index (χ1) is 14.7. The second-order valence-corrected chi connectivity index (χ2v) is 8.03. The van der Waals surface area contributed by atoms with Crippen LogP contribution in [0, 0.1) is 6.92 Å². The molecule has 0 aliphatic carbocycles. The summed E-state index contributed by atoms with van der Waals surface area (Å²) < 4.78 is 0. The Morgan fingerprint density at radius 1 is 1.00 bits per heavy atom. The van der Waals surface area contributed by atoms with Crippen LogP contribution in [0.2, 0.25) is 0 Å². The maximum absolute atomic E-state index is 13.7. The van der Waals surface area contributed by atoms with E-state index in [1.807, 2.05) is 23.1 Å². The predicted molar refractivity (Wildman–Crippen MR) is 118 cm³/mol. The molecular formula is C24H25N5O. The minimum Gasteiger partial charge on any atom is -0.341 e. The van der Waals surface area contributed by atoms with Crippen LogP contribution in [-0.2, 0) is 6.42 Å². The number of anilines is 2. The number of hydrogen-bond acceptors (Lipinski definition) is 5. The first kappa shape index (κ1) is 18.7. The van der Waals surface area contributed by atoms with E-state index in [0.717, 1.165) is 44.5 Å². The van der Waals surface area contributed by atoms with Gasteiger partial charge in [0.05, 0.1) is 11.3 Å². The molecule has 1 aromatic carbocycles. The molecule has 0 radical (unpaired) electrons. The van der Waals surface area contributed by atoms with E-state index in [2.05, 4.69) is 40.0 Å². The Balaban J connectivity index is 1.58. The Bertz CT molecular complexity index is 1080. The number of nitrogens with zero attached hydrogens (tertiary/aromatic N) is 5. The molecule has 0 bridgehead atoms. The lowest BCUT2D eigenvalue weighted by Gasteiger charge is -2.30. The monoisotopic (exact) mass is 399 g/mol. The summed E-state index contributed by atoms with van der Waals surface area (Å²) in [5.74, 6) is 0.618. The molecule has 1 saturated heterocycles. The van der Waals surface area contributed by atoms with Crippen LogP contribution in [0.15, 0.2) is 48.8 Å². The quantitative estimate of drug-likeness (QED) is 0.665. The molecule has 1 fully saturated rings. The average Bonchev–Trinajstić information content (AvgIpc) is 3.33. The van der Waals surface area contributed by atoms with Gasteiger partial charge in [-0.2, -0.15) is 0 Å². The number of carbonyl (C=O) groups excluding carboxylic acids is 1. The number of aromatic nitrogens is 3. The van der Waals surface area contributed by atoms with E-state index in [-0.39, 0.29) is 5.91 Å². The minimum atomic E-state index is -0.0616. The fourth-order valence-corrected chi connectivity index (χ4v) is 4.38. The van der Waals surface area contributed by atoms with E-state index in [0.29, 0.717) is 29.4 Å². The van der Waals surface area contributed by atoms with E-state index in [1.165, 1.54) is 11.1 Å². The van der Waals surface area contributed by atoms with Crippen molar-refractivity contribution in [1.29, 1.82) is 0 Å². The number of pyridine rings is 1. The molecule has 0 spiro atoms. The predicted octanol–water partition coefficient (Wildman–Crippen LogP) is 4.04. The van der Waals surface area contributed by atoms with Crippen LogP contribution < -0.4 is 9.80 Å². The summed E-state index contributed by atoms with van der Waals surface area (Å²) in [5, 5.41) is 0. The molecule has 5 rings (SSSR count). The van der Waals surface area contributed by atoms with Crippen molar-refractivity contribution in [3.05, 3.63) is 65.5 Å². The van der Waals surface area contributed by atoms with Gasteiger partial charge in [0.2, 0.25) is 5.95 Å². The van der Waals surface area contributed by atoms with E-state index in [9.17, 15) is 4.79 Å². The molecule has 2 aliphatic heterocycles. The second kappa shape index (κ2) is 7.86. The van der Waals surface area contributed by atoms with Crippen LogP contribution in [0.1, 0.15) is 40.7 Å². The molecular weight excluding hydrogens is 374 g/mol. The third-order valence-electron chi connectivity index (χ3n) is 5.90. The van der Waals surface area contributed by atoms with Gasteiger partial charge in [-0.3, -0.25) is 9.78 Å². The number of hydrogen-bond donors (Lipinski definition) is 0. The largest absolute Gasteiger partial charge is 0.341 e. The van der Waals surface area contributed by atoms with Crippen molar-refractivity contribution in [2.24, 2.45) is 0 Å². The first-order valence-electron chi connectivity index (χ1n) is 10.7. The van der Waals surface area contributed by atoms with Crippen LogP contribution >= 0.6 is 0 Å². The zero-order valence-electron chi connectivity index (χ0n) is 17.2. The van der Waals surface area contributed by atoms with Crippen molar-refractivity contribution in [1.82, 2.24) is 15.0 Å². The highest BCUT2D eigenvalue weighted by molar-refractivity contribution is 6.10. The fraction of sp³-hybridized carbons (Fsp3) is 0.333. The lowest BCUT2D eigenvalue weighted by atomic mass is 9.98. The molecule has 0 N–H and O–H groups in total. The molecule has 4 heterocycles. The summed E-state index contributed by atoms with van der Waals surface area (Å²) in [6.07, 6.45) is 7.67. The van der Waals surface area contributed by atoms with E-state index in [4.69, 9.17) is 4.98 Å². The van der Waals surface area contributed by atoms with Gasteiger partial charge in [-0.25, -0.2) is 9.97 Å². The Morgan fingerprint density at radius 3 is 2.67 bits per heavy atom. The van der Waals surface area contributed by atoms with Crippen molar-refractivity contribution >= 4 is 17.5 Å². The molecule has 2 aliphatic rings. The smallest absolute Gasteiger partial charge is 0.262 e. The average molecular weight is 399 g/mol.